The van der Waals surface area contributed by atoms with E-state index >= 15 is 0 Å². The van der Waals surface area contributed by atoms with E-state index in [-0.39, 0.29) is 18.6 Å². The molecule has 1 aliphatic rings. The molecule has 158 valence electrons. The first-order valence-corrected chi connectivity index (χ1v) is 10.0. The molecule has 0 amide bonds. The highest BCUT2D eigenvalue weighted by molar-refractivity contribution is 5.41. The van der Waals surface area contributed by atoms with Gasteiger partial charge in [0, 0.05) is 25.0 Å². The molecular weight excluding hydrogens is 373 g/mol. The summed E-state index contributed by atoms with van der Waals surface area (Å²) in [7, 11) is 0. The fraction of sp³-hybridized carbons (Fsp3) is 0.478. The van der Waals surface area contributed by atoms with E-state index in [0.717, 1.165) is 30.0 Å². The van der Waals surface area contributed by atoms with Crippen molar-refractivity contribution in [3.63, 3.8) is 0 Å². The number of hydrogen-bond acceptors (Lipinski definition) is 5. The van der Waals surface area contributed by atoms with Crippen molar-refractivity contribution in [3.8, 4) is 11.5 Å². The summed E-state index contributed by atoms with van der Waals surface area (Å²) in [6.07, 6.45) is -1.85. The maximum absolute atomic E-state index is 13.1. The Hall–Kier alpha value is -2.15. The van der Waals surface area contributed by atoms with Gasteiger partial charge in [-0.3, -0.25) is 4.90 Å². The molecule has 0 aromatic heterocycles. The van der Waals surface area contributed by atoms with Gasteiger partial charge in [0.25, 0.3) is 0 Å². The molecule has 2 N–H and O–H groups in total. The molecule has 0 aliphatic carbocycles. The third-order valence-corrected chi connectivity index (χ3v) is 5.23. The summed E-state index contributed by atoms with van der Waals surface area (Å²) >= 11 is 0. The molecule has 5 nitrogen and oxygen atoms in total. The quantitative estimate of drug-likeness (QED) is 0.565. The van der Waals surface area contributed by atoms with Crippen LogP contribution in [-0.4, -0.2) is 66.8 Å². The summed E-state index contributed by atoms with van der Waals surface area (Å²) in [6, 6.07) is 15.5. The number of rotatable bonds is 11. The first kappa shape index (κ1) is 21.6. The molecule has 1 heterocycles. The average Bonchev–Trinajstić information content (AvgIpc) is 3.55. The molecule has 0 radical (unpaired) electrons. The number of benzene rings is 2. The van der Waals surface area contributed by atoms with Gasteiger partial charge in [-0.05, 0) is 35.4 Å². The zero-order chi connectivity index (χ0) is 20.9. The van der Waals surface area contributed by atoms with Crippen LogP contribution >= 0.6 is 0 Å². The van der Waals surface area contributed by atoms with Crippen molar-refractivity contribution in [2.24, 2.45) is 0 Å². The summed E-state index contributed by atoms with van der Waals surface area (Å²) < 4.78 is 24.1. The van der Waals surface area contributed by atoms with E-state index < -0.39 is 18.9 Å². The van der Waals surface area contributed by atoms with Gasteiger partial charge in [-0.15, -0.1) is 0 Å². The van der Waals surface area contributed by atoms with E-state index in [0.29, 0.717) is 12.3 Å². The van der Waals surface area contributed by atoms with Gasteiger partial charge >= 0.3 is 0 Å². The molecule has 2 aromatic rings. The van der Waals surface area contributed by atoms with Crippen LogP contribution in [0.4, 0.5) is 4.39 Å². The van der Waals surface area contributed by atoms with Gasteiger partial charge in [0.05, 0.1) is 6.61 Å². The molecule has 2 aromatic carbocycles. The summed E-state index contributed by atoms with van der Waals surface area (Å²) in [5.74, 6) is 1.31. The molecule has 1 fully saturated rings. The van der Waals surface area contributed by atoms with Crippen LogP contribution < -0.4 is 9.47 Å². The van der Waals surface area contributed by atoms with Gasteiger partial charge in [0.1, 0.15) is 30.8 Å². The Balaban J connectivity index is 1.57. The first-order valence-electron chi connectivity index (χ1n) is 10.0. The average molecular weight is 403 g/mol. The number of alkyl halides is 1. The number of aliphatic hydroxyl groups excluding tert-OH is 2. The minimum absolute atomic E-state index is 0.159. The van der Waals surface area contributed by atoms with E-state index in [2.05, 4.69) is 18.7 Å². The minimum atomic E-state index is -1.38. The molecule has 6 heteroatoms. The molecule has 0 spiro atoms. The lowest BCUT2D eigenvalue weighted by atomic mass is 9.78. The number of aliphatic hydroxyl groups is 2. The van der Waals surface area contributed by atoms with Crippen LogP contribution in [-0.2, 0) is 5.41 Å². The predicted octanol–water partition coefficient (Wildman–Crippen LogP) is 2.78. The zero-order valence-electron chi connectivity index (χ0n) is 17.1. The Morgan fingerprint density at radius 1 is 0.931 bits per heavy atom. The van der Waals surface area contributed by atoms with E-state index in [1.165, 1.54) is 0 Å². The molecular formula is C23H30FNO4. The van der Waals surface area contributed by atoms with Gasteiger partial charge in [-0.1, -0.05) is 38.1 Å². The Morgan fingerprint density at radius 2 is 1.41 bits per heavy atom. The lowest BCUT2D eigenvalue weighted by Gasteiger charge is -2.26. The van der Waals surface area contributed by atoms with Gasteiger partial charge < -0.3 is 19.7 Å². The van der Waals surface area contributed by atoms with Crippen molar-refractivity contribution in [1.82, 2.24) is 4.90 Å². The van der Waals surface area contributed by atoms with Gasteiger partial charge in [-0.25, -0.2) is 4.39 Å². The number of ether oxygens (including phenoxy) is 2. The fourth-order valence-corrected chi connectivity index (χ4v) is 3.14. The monoisotopic (exact) mass is 403 g/mol. The minimum Gasteiger partial charge on any atom is -0.491 e. The molecule has 29 heavy (non-hydrogen) atoms. The highest BCUT2D eigenvalue weighted by atomic mass is 19.1. The molecule has 1 saturated heterocycles. The normalized spacial score (nSPS) is 16.3. The predicted molar refractivity (Wildman–Crippen MR) is 110 cm³/mol. The van der Waals surface area contributed by atoms with E-state index in [4.69, 9.17) is 14.6 Å². The maximum Gasteiger partial charge on any atom is 0.157 e. The maximum atomic E-state index is 13.1. The van der Waals surface area contributed by atoms with E-state index in [1.807, 2.05) is 48.5 Å². The smallest absolute Gasteiger partial charge is 0.157 e. The van der Waals surface area contributed by atoms with Crippen molar-refractivity contribution >= 4 is 0 Å². The number of hydrogen-bond donors (Lipinski definition) is 2. The summed E-state index contributed by atoms with van der Waals surface area (Å²) in [6.45, 7) is 6.65. The van der Waals surface area contributed by atoms with Gasteiger partial charge in [0.15, 0.2) is 6.17 Å². The number of β-amino-alcohol motifs (C(OH)–C–C–N with tert-alkyl or cyclic N) is 1. The third-order valence-electron chi connectivity index (χ3n) is 5.23. The zero-order valence-corrected chi connectivity index (χ0v) is 17.1. The van der Waals surface area contributed by atoms with Gasteiger partial charge in [-0.2, -0.15) is 0 Å². The molecule has 2 unspecified atom stereocenters. The Morgan fingerprint density at radius 3 is 1.86 bits per heavy atom. The summed E-state index contributed by atoms with van der Waals surface area (Å²) in [5, 5.41) is 18.7. The van der Waals surface area contributed by atoms with Crippen LogP contribution in [0.15, 0.2) is 48.5 Å². The van der Waals surface area contributed by atoms with Crippen LogP contribution in [0.1, 0.15) is 25.0 Å². The Kier molecular flexibility index (Phi) is 7.11. The van der Waals surface area contributed by atoms with Gasteiger partial charge in [0.2, 0.25) is 0 Å². The summed E-state index contributed by atoms with van der Waals surface area (Å²) in [5.41, 5.74) is 2.00. The van der Waals surface area contributed by atoms with Crippen LogP contribution in [0.3, 0.4) is 0 Å². The SMILES string of the molecule is CC(C)(c1ccc(OCC(O)CN2CC2)cc1)c1ccc(OCC(F)CO)cc1. The molecule has 0 bridgehead atoms. The lowest BCUT2D eigenvalue weighted by molar-refractivity contribution is 0.0943. The fourth-order valence-electron chi connectivity index (χ4n) is 3.14. The van der Waals surface area contributed by atoms with Crippen molar-refractivity contribution in [2.45, 2.75) is 31.5 Å². The van der Waals surface area contributed by atoms with E-state index in [9.17, 15) is 9.50 Å². The standard InChI is InChI=1S/C23H30FNO4/c1-23(2,17-3-7-21(8-4-17)28-15-19(24)14-26)18-5-9-22(10-6-18)29-16-20(27)13-25-11-12-25/h3-10,19-20,26-27H,11-16H2,1-2H3. The Labute approximate surface area is 171 Å². The third kappa shape index (κ3) is 6.16. The second-order valence-corrected chi connectivity index (χ2v) is 8.03. The second kappa shape index (κ2) is 9.57. The lowest BCUT2D eigenvalue weighted by Crippen LogP contribution is -2.26. The molecule has 1 aliphatic heterocycles. The van der Waals surface area contributed by atoms with Crippen LogP contribution in [0.2, 0.25) is 0 Å². The van der Waals surface area contributed by atoms with E-state index in [1.54, 1.807) is 0 Å². The van der Waals surface area contributed by atoms with Crippen molar-refractivity contribution in [3.05, 3.63) is 59.7 Å². The van der Waals surface area contributed by atoms with Crippen LogP contribution in [0.25, 0.3) is 0 Å². The van der Waals surface area contributed by atoms with Crippen molar-refractivity contribution in [2.75, 3.05) is 39.5 Å². The van der Waals surface area contributed by atoms with Crippen LogP contribution in [0.5, 0.6) is 11.5 Å². The Bertz CT molecular complexity index is 759. The van der Waals surface area contributed by atoms with Crippen LogP contribution in [0, 0.1) is 0 Å². The van der Waals surface area contributed by atoms with Crippen molar-refractivity contribution < 1.29 is 24.1 Å². The topological polar surface area (TPSA) is 61.9 Å². The second-order valence-electron chi connectivity index (χ2n) is 8.03. The van der Waals surface area contributed by atoms with Crippen molar-refractivity contribution in [1.29, 1.82) is 0 Å². The highest BCUT2D eigenvalue weighted by Gasteiger charge is 2.24. The molecule has 2 atom stereocenters. The molecule has 0 saturated carbocycles. The molecule has 3 rings (SSSR count). The largest absolute Gasteiger partial charge is 0.491 e. The first-order chi connectivity index (χ1) is 13.9. The summed E-state index contributed by atoms with van der Waals surface area (Å²) in [4.78, 5) is 2.17. The highest BCUT2D eigenvalue weighted by Crippen LogP contribution is 2.33. The number of nitrogens with zero attached hydrogens (tertiary/aromatic N) is 1. The number of halogens is 1.